The van der Waals surface area contributed by atoms with Gasteiger partial charge in [0, 0.05) is 12.6 Å². The number of nitrogens with zero attached hydrogens (tertiary/aromatic N) is 3. The Bertz CT molecular complexity index is 779. The van der Waals surface area contributed by atoms with Crippen LogP contribution in [0, 0.1) is 13.8 Å². The van der Waals surface area contributed by atoms with E-state index in [0.29, 0.717) is 29.4 Å². The van der Waals surface area contributed by atoms with Crippen LogP contribution in [0.2, 0.25) is 0 Å². The zero-order chi connectivity index (χ0) is 14.8. The molecule has 0 aliphatic carbocycles. The summed E-state index contributed by atoms with van der Waals surface area (Å²) in [6.45, 7) is 4.19. The summed E-state index contributed by atoms with van der Waals surface area (Å²) in [6, 6.07) is 8.10. The molecule has 0 spiro atoms. The SMILES string of the molecule is Cc1ccc(Cc2noc(-c3ccncc3N)n2)cc1C. The summed E-state index contributed by atoms with van der Waals surface area (Å²) in [5.41, 5.74) is 10.8. The smallest absolute Gasteiger partial charge is 0.260 e. The molecule has 0 radical (unpaired) electrons. The fourth-order valence-electron chi connectivity index (χ4n) is 2.13. The molecule has 21 heavy (non-hydrogen) atoms. The van der Waals surface area contributed by atoms with Gasteiger partial charge in [-0.2, -0.15) is 4.98 Å². The molecule has 2 N–H and O–H groups in total. The minimum Gasteiger partial charge on any atom is -0.397 e. The van der Waals surface area contributed by atoms with Crippen molar-refractivity contribution in [2.24, 2.45) is 0 Å². The van der Waals surface area contributed by atoms with Crippen molar-refractivity contribution in [1.29, 1.82) is 0 Å². The van der Waals surface area contributed by atoms with E-state index in [4.69, 9.17) is 10.3 Å². The molecule has 0 bridgehead atoms. The van der Waals surface area contributed by atoms with Gasteiger partial charge in [-0.25, -0.2) is 0 Å². The van der Waals surface area contributed by atoms with Crippen molar-refractivity contribution in [1.82, 2.24) is 15.1 Å². The molecular weight excluding hydrogens is 264 g/mol. The second kappa shape index (κ2) is 5.36. The van der Waals surface area contributed by atoms with E-state index in [-0.39, 0.29) is 0 Å². The first-order valence-corrected chi connectivity index (χ1v) is 6.72. The molecule has 0 saturated heterocycles. The molecule has 0 aliphatic heterocycles. The van der Waals surface area contributed by atoms with Crippen LogP contribution in [0.3, 0.4) is 0 Å². The monoisotopic (exact) mass is 280 g/mol. The first-order valence-electron chi connectivity index (χ1n) is 6.72. The summed E-state index contributed by atoms with van der Waals surface area (Å²) in [4.78, 5) is 8.35. The van der Waals surface area contributed by atoms with Gasteiger partial charge in [-0.05, 0) is 36.6 Å². The molecule has 106 valence electrons. The number of pyridine rings is 1. The quantitative estimate of drug-likeness (QED) is 0.798. The lowest BCUT2D eigenvalue weighted by Gasteiger charge is -2.02. The second-order valence-electron chi connectivity index (χ2n) is 5.07. The van der Waals surface area contributed by atoms with E-state index in [1.54, 1.807) is 18.5 Å². The normalized spacial score (nSPS) is 10.8. The number of anilines is 1. The summed E-state index contributed by atoms with van der Waals surface area (Å²) in [5.74, 6) is 1.07. The molecule has 0 aliphatic rings. The topological polar surface area (TPSA) is 77.8 Å². The third-order valence-electron chi connectivity index (χ3n) is 3.48. The van der Waals surface area contributed by atoms with Crippen molar-refractivity contribution in [3.8, 4) is 11.5 Å². The van der Waals surface area contributed by atoms with Crippen LogP contribution in [0.5, 0.6) is 0 Å². The summed E-state index contributed by atoms with van der Waals surface area (Å²) in [7, 11) is 0. The number of nitrogen functional groups attached to an aromatic ring is 1. The van der Waals surface area contributed by atoms with Crippen LogP contribution in [-0.2, 0) is 6.42 Å². The summed E-state index contributed by atoms with van der Waals surface area (Å²) < 4.78 is 5.29. The lowest BCUT2D eigenvalue weighted by Crippen LogP contribution is -1.94. The van der Waals surface area contributed by atoms with Crippen LogP contribution in [0.25, 0.3) is 11.5 Å². The van der Waals surface area contributed by atoms with E-state index >= 15 is 0 Å². The average Bonchev–Trinajstić information content (AvgIpc) is 2.92. The molecule has 5 heteroatoms. The van der Waals surface area contributed by atoms with Crippen LogP contribution in [0.4, 0.5) is 5.69 Å². The highest BCUT2D eigenvalue weighted by molar-refractivity contribution is 5.68. The molecule has 5 nitrogen and oxygen atoms in total. The van der Waals surface area contributed by atoms with E-state index in [2.05, 4.69) is 47.2 Å². The van der Waals surface area contributed by atoms with Gasteiger partial charge in [0.05, 0.1) is 17.4 Å². The van der Waals surface area contributed by atoms with E-state index in [1.165, 1.54) is 11.1 Å². The molecule has 2 aromatic heterocycles. The van der Waals surface area contributed by atoms with Crippen LogP contribution < -0.4 is 5.73 Å². The minimum atomic E-state index is 0.425. The van der Waals surface area contributed by atoms with Gasteiger partial charge in [0.15, 0.2) is 5.82 Å². The third kappa shape index (κ3) is 2.76. The Balaban J connectivity index is 1.85. The molecule has 3 aromatic rings. The van der Waals surface area contributed by atoms with E-state index < -0.39 is 0 Å². The maximum absolute atomic E-state index is 5.86. The molecule has 1 aromatic carbocycles. The maximum Gasteiger partial charge on any atom is 0.260 e. The number of rotatable bonds is 3. The highest BCUT2D eigenvalue weighted by Gasteiger charge is 2.12. The zero-order valence-corrected chi connectivity index (χ0v) is 12.0. The van der Waals surface area contributed by atoms with Crippen LogP contribution in [-0.4, -0.2) is 15.1 Å². The zero-order valence-electron chi connectivity index (χ0n) is 12.0. The Hall–Kier alpha value is -2.69. The van der Waals surface area contributed by atoms with Gasteiger partial charge in [0.2, 0.25) is 0 Å². The van der Waals surface area contributed by atoms with E-state index in [9.17, 15) is 0 Å². The lowest BCUT2D eigenvalue weighted by atomic mass is 10.0. The molecule has 2 heterocycles. The molecule has 0 unspecified atom stereocenters. The van der Waals surface area contributed by atoms with Gasteiger partial charge in [-0.15, -0.1) is 0 Å². The van der Waals surface area contributed by atoms with Gasteiger partial charge in [-0.3, -0.25) is 4.98 Å². The summed E-state index contributed by atoms with van der Waals surface area (Å²) in [5, 5.41) is 4.02. The summed E-state index contributed by atoms with van der Waals surface area (Å²) >= 11 is 0. The Morgan fingerprint density at radius 3 is 2.76 bits per heavy atom. The number of aryl methyl sites for hydroxylation is 2. The predicted octanol–water partition coefficient (Wildman–Crippen LogP) is 2.92. The first kappa shape index (κ1) is 13.3. The van der Waals surface area contributed by atoms with Gasteiger partial charge in [0.1, 0.15) is 0 Å². The van der Waals surface area contributed by atoms with Crippen LogP contribution in [0.15, 0.2) is 41.2 Å². The summed E-state index contributed by atoms with van der Waals surface area (Å²) in [6.07, 6.45) is 3.86. The van der Waals surface area contributed by atoms with Gasteiger partial charge in [0.25, 0.3) is 5.89 Å². The Morgan fingerprint density at radius 2 is 2.00 bits per heavy atom. The lowest BCUT2D eigenvalue weighted by molar-refractivity contribution is 0.424. The Kier molecular flexibility index (Phi) is 3.39. The molecule has 0 atom stereocenters. The van der Waals surface area contributed by atoms with Crippen molar-refractivity contribution in [3.63, 3.8) is 0 Å². The first-order chi connectivity index (χ1) is 10.1. The van der Waals surface area contributed by atoms with Gasteiger partial charge < -0.3 is 10.3 Å². The number of aromatic nitrogens is 3. The fourth-order valence-corrected chi connectivity index (χ4v) is 2.13. The van der Waals surface area contributed by atoms with E-state index in [1.807, 2.05) is 0 Å². The van der Waals surface area contributed by atoms with Crippen molar-refractivity contribution in [2.45, 2.75) is 20.3 Å². The standard InChI is InChI=1S/C16H16N4O/c1-10-3-4-12(7-11(10)2)8-15-19-16(21-20-15)13-5-6-18-9-14(13)17/h3-7,9H,8,17H2,1-2H3. The van der Waals surface area contributed by atoms with Crippen molar-refractivity contribution in [3.05, 3.63) is 59.2 Å². The molecule has 3 rings (SSSR count). The van der Waals surface area contributed by atoms with Gasteiger partial charge >= 0.3 is 0 Å². The average molecular weight is 280 g/mol. The maximum atomic E-state index is 5.86. The molecule has 0 amide bonds. The van der Waals surface area contributed by atoms with Gasteiger partial charge in [-0.1, -0.05) is 23.4 Å². The second-order valence-corrected chi connectivity index (χ2v) is 5.07. The minimum absolute atomic E-state index is 0.425. The van der Waals surface area contributed by atoms with Crippen molar-refractivity contribution >= 4 is 5.69 Å². The number of hydrogen-bond acceptors (Lipinski definition) is 5. The Labute approximate surface area is 122 Å². The van der Waals surface area contributed by atoms with Crippen molar-refractivity contribution in [2.75, 3.05) is 5.73 Å². The largest absolute Gasteiger partial charge is 0.397 e. The highest BCUT2D eigenvalue weighted by atomic mass is 16.5. The van der Waals surface area contributed by atoms with Crippen LogP contribution in [0.1, 0.15) is 22.5 Å². The molecule has 0 fully saturated rings. The molecular formula is C16H16N4O. The van der Waals surface area contributed by atoms with Crippen LogP contribution >= 0.6 is 0 Å². The van der Waals surface area contributed by atoms with Crippen molar-refractivity contribution < 1.29 is 4.52 Å². The number of nitrogens with two attached hydrogens (primary N) is 1. The predicted molar refractivity (Wildman–Crippen MR) is 80.7 cm³/mol. The van der Waals surface area contributed by atoms with E-state index in [0.717, 1.165) is 5.56 Å². The third-order valence-corrected chi connectivity index (χ3v) is 3.48. The number of benzene rings is 1. The Morgan fingerprint density at radius 1 is 1.14 bits per heavy atom. The molecule has 0 saturated carbocycles. The number of hydrogen-bond donors (Lipinski definition) is 1. The highest BCUT2D eigenvalue weighted by Crippen LogP contribution is 2.23. The fraction of sp³-hybridized carbons (Fsp3) is 0.188.